The number of carbonyl (C=O) groups excluding carboxylic acids is 1. The minimum absolute atomic E-state index is 0.169. The molecule has 0 unspecified atom stereocenters. The van der Waals surface area contributed by atoms with E-state index in [4.69, 9.17) is 12.3 Å². The molecular formula is C14H15N5OS. The Morgan fingerprint density at radius 1 is 1.43 bits per heavy atom. The van der Waals surface area contributed by atoms with Gasteiger partial charge in [-0.05, 0) is 6.92 Å². The Hall–Kier alpha value is -2.46. The summed E-state index contributed by atoms with van der Waals surface area (Å²) in [4.78, 5) is 11.5. The summed E-state index contributed by atoms with van der Waals surface area (Å²) < 4.78 is 1.38. The van der Waals surface area contributed by atoms with E-state index >= 15 is 0 Å². The van der Waals surface area contributed by atoms with Crippen molar-refractivity contribution in [1.82, 2.24) is 20.2 Å². The van der Waals surface area contributed by atoms with Crippen LogP contribution in [-0.2, 0) is 4.79 Å². The molecule has 0 spiro atoms. The van der Waals surface area contributed by atoms with Crippen molar-refractivity contribution in [2.45, 2.75) is 12.1 Å². The van der Waals surface area contributed by atoms with Gasteiger partial charge < -0.3 is 11.2 Å². The molecule has 0 radical (unpaired) electrons. The third-order valence-electron chi connectivity index (χ3n) is 2.69. The zero-order valence-corrected chi connectivity index (χ0v) is 12.4. The van der Waals surface area contributed by atoms with Crippen LogP contribution < -0.4 is 11.2 Å². The van der Waals surface area contributed by atoms with Crippen LogP contribution in [0.2, 0.25) is 0 Å². The van der Waals surface area contributed by atoms with Crippen molar-refractivity contribution >= 4 is 17.7 Å². The number of aromatic nitrogens is 3. The zero-order chi connectivity index (χ0) is 15.2. The standard InChI is InChI=1S/C14H15N5OS/c1-3-8-16-12(20)9-21-14-18-17-13(19(14)15)11-6-4-10(2)5-7-11/h1,4-7H,8-9,15H2,2H3,(H,16,20). The average Bonchev–Trinajstić information content (AvgIpc) is 2.85. The summed E-state index contributed by atoms with van der Waals surface area (Å²) in [6, 6.07) is 7.81. The van der Waals surface area contributed by atoms with Crippen molar-refractivity contribution < 1.29 is 4.79 Å². The summed E-state index contributed by atoms with van der Waals surface area (Å²) in [5.41, 5.74) is 2.03. The fourth-order valence-corrected chi connectivity index (χ4v) is 2.29. The SMILES string of the molecule is C#CCNC(=O)CSc1nnc(-c2ccc(C)cc2)n1N. The minimum atomic E-state index is -0.169. The predicted molar refractivity (Wildman–Crippen MR) is 82.9 cm³/mol. The Kier molecular flexibility index (Phi) is 4.85. The number of aryl methyl sites for hydroxylation is 1. The molecular weight excluding hydrogens is 286 g/mol. The van der Waals surface area contributed by atoms with Gasteiger partial charge in [0.05, 0.1) is 12.3 Å². The molecule has 1 aromatic carbocycles. The number of carbonyl (C=O) groups is 1. The van der Waals surface area contributed by atoms with E-state index in [1.807, 2.05) is 31.2 Å². The van der Waals surface area contributed by atoms with Crippen molar-refractivity contribution in [3.8, 4) is 23.7 Å². The lowest BCUT2D eigenvalue weighted by molar-refractivity contribution is -0.118. The molecule has 1 amide bonds. The normalized spacial score (nSPS) is 10.1. The van der Waals surface area contributed by atoms with Gasteiger partial charge in [0.2, 0.25) is 11.1 Å². The highest BCUT2D eigenvalue weighted by Crippen LogP contribution is 2.21. The van der Waals surface area contributed by atoms with Gasteiger partial charge in [0.25, 0.3) is 0 Å². The summed E-state index contributed by atoms with van der Waals surface area (Å²) in [5, 5.41) is 11.1. The van der Waals surface area contributed by atoms with Crippen LogP contribution in [0.4, 0.5) is 0 Å². The second-order valence-electron chi connectivity index (χ2n) is 4.31. The Morgan fingerprint density at radius 2 is 2.14 bits per heavy atom. The van der Waals surface area contributed by atoms with E-state index in [0.29, 0.717) is 11.0 Å². The van der Waals surface area contributed by atoms with E-state index in [0.717, 1.165) is 11.1 Å². The van der Waals surface area contributed by atoms with Gasteiger partial charge in [0.1, 0.15) is 0 Å². The van der Waals surface area contributed by atoms with E-state index in [1.54, 1.807) is 0 Å². The predicted octanol–water partition coefficient (Wildman–Crippen LogP) is 0.809. The number of nitrogen functional groups attached to an aromatic ring is 1. The fourth-order valence-electron chi connectivity index (χ4n) is 1.61. The van der Waals surface area contributed by atoms with E-state index in [1.165, 1.54) is 16.4 Å². The first kappa shape index (κ1) is 14.9. The lowest BCUT2D eigenvalue weighted by atomic mass is 10.1. The van der Waals surface area contributed by atoms with Gasteiger partial charge in [-0.1, -0.05) is 47.5 Å². The Balaban J connectivity index is 2.05. The van der Waals surface area contributed by atoms with Gasteiger partial charge in [-0.15, -0.1) is 16.6 Å². The number of benzene rings is 1. The number of amides is 1. The molecule has 0 saturated carbocycles. The second kappa shape index (κ2) is 6.81. The summed E-state index contributed by atoms with van der Waals surface area (Å²) in [7, 11) is 0. The van der Waals surface area contributed by atoms with Gasteiger partial charge in [-0.25, -0.2) is 4.68 Å². The molecule has 7 heteroatoms. The average molecular weight is 301 g/mol. The van der Waals surface area contributed by atoms with Crippen LogP contribution in [0.5, 0.6) is 0 Å². The molecule has 108 valence electrons. The van der Waals surface area contributed by atoms with Gasteiger partial charge in [0, 0.05) is 5.56 Å². The van der Waals surface area contributed by atoms with Crippen molar-refractivity contribution in [2.75, 3.05) is 18.1 Å². The number of nitrogens with zero attached hydrogens (tertiary/aromatic N) is 3. The van der Waals surface area contributed by atoms with Crippen LogP contribution >= 0.6 is 11.8 Å². The number of hydrogen-bond donors (Lipinski definition) is 2. The van der Waals surface area contributed by atoms with Crippen LogP contribution in [0.15, 0.2) is 29.4 Å². The summed E-state index contributed by atoms with van der Waals surface area (Å²) in [5.74, 6) is 8.88. The number of nitrogens with one attached hydrogen (secondary N) is 1. The van der Waals surface area contributed by atoms with Crippen LogP contribution in [0.3, 0.4) is 0 Å². The lowest BCUT2D eigenvalue weighted by Crippen LogP contribution is -2.25. The smallest absolute Gasteiger partial charge is 0.231 e. The van der Waals surface area contributed by atoms with Gasteiger partial charge in [-0.3, -0.25) is 4.79 Å². The van der Waals surface area contributed by atoms with Crippen molar-refractivity contribution in [2.24, 2.45) is 0 Å². The molecule has 0 atom stereocenters. The van der Waals surface area contributed by atoms with Crippen LogP contribution in [0.25, 0.3) is 11.4 Å². The van der Waals surface area contributed by atoms with Crippen LogP contribution in [-0.4, -0.2) is 33.1 Å². The number of hydrogen-bond acceptors (Lipinski definition) is 5. The molecule has 6 nitrogen and oxygen atoms in total. The number of nitrogens with two attached hydrogens (primary N) is 1. The summed E-state index contributed by atoms with van der Waals surface area (Å²) >= 11 is 1.21. The topological polar surface area (TPSA) is 85.8 Å². The lowest BCUT2D eigenvalue weighted by Gasteiger charge is -2.04. The molecule has 21 heavy (non-hydrogen) atoms. The molecule has 2 aromatic rings. The van der Waals surface area contributed by atoms with E-state index in [2.05, 4.69) is 21.4 Å². The Labute approximate surface area is 127 Å². The summed E-state index contributed by atoms with van der Waals surface area (Å²) in [6.45, 7) is 2.22. The second-order valence-corrected chi connectivity index (χ2v) is 5.25. The zero-order valence-electron chi connectivity index (χ0n) is 11.5. The molecule has 0 aliphatic rings. The van der Waals surface area contributed by atoms with E-state index < -0.39 is 0 Å². The van der Waals surface area contributed by atoms with Crippen molar-refractivity contribution in [3.63, 3.8) is 0 Å². The molecule has 0 aliphatic carbocycles. The summed E-state index contributed by atoms with van der Waals surface area (Å²) in [6.07, 6.45) is 5.07. The largest absolute Gasteiger partial charge is 0.344 e. The molecule has 0 bridgehead atoms. The Bertz CT molecular complexity index is 672. The van der Waals surface area contributed by atoms with Crippen LogP contribution in [0.1, 0.15) is 5.56 Å². The van der Waals surface area contributed by atoms with Crippen molar-refractivity contribution in [1.29, 1.82) is 0 Å². The molecule has 1 heterocycles. The molecule has 0 saturated heterocycles. The maximum absolute atomic E-state index is 11.5. The van der Waals surface area contributed by atoms with Crippen LogP contribution in [0, 0.1) is 19.3 Å². The highest BCUT2D eigenvalue weighted by molar-refractivity contribution is 7.99. The first-order chi connectivity index (χ1) is 10.1. The third-order valence-corrected chi connectivity index (χ3v) is 3.64. The molecule has 3 N–H and O–H groups in total. The number of rotatable bonds is 5. The Morgan fingerprint density at radius 3 is 2.81 bits per heavy atom. The minimum Gasteiger partial charge on any atom is -0.344 e. The molecule has 1 aromatic heterocycles. The van der Waals surface area contributed by atoms with E-state index in [9.17, 15) is 4.79 Å². The first-order valence-electron chi connectivity index (χ1n) is 6.22. The third kappa shape index (κ3) is 3.77. The highest BCUT2D eigenvalue weighted by atomic mass is 32.2. The van der Waals surface area contributed by atoms with E-state index in [-0.39, 0.29) is 18.2 Å². The molecule has 0 aliphatic heterocycles. The number of terminal acetylenes is 1. The fraction of sp³-hybridized carbons (Fsp3) is 0.214. The quantitative estimate of drug-likeness (QED) is 0.485. The van der Waals surface area contributed by atoms with Gasteiger partial charge in [-0.2, -0.15) is 0 Å². The molecule has 2 rings (SSSR count). The monoisotopic (exact) mass is 301 g/mol. The highest BCUT2D eigenvalue weighted by Gasteiger charge is 2.13. The van der Waals surface area contributed by atoms with Gasteiger partial charge in [0.15, 0.2) is 5.82 Å². The first-order valence-corrected chi connectivity index (χ1v) is 7.21. The maximum atomic E-state index is 11.5. The van der Waals surface area contributed by atoms with Gasteiger partial charge >= 0.3 is 0 Å². The van der Waals surface area contributed by atoms with Crippen molar-refractivity contribution in [3.05, 3.63) is 29.8 Å². The number of thioether (sulfide) groups is 1. The maximum Gasteiger partial charge on any atom is 0.231 e. The molecule has 0 fully saturated rings.